The van der Waals surface area contributed by atoms with Gasteiger partial charge in [-0.1, -0.05) is 0 Å². The Labute approximate surface area is 66.7 Å². The Morgan fingerprint density at radius 2 is 2.09 bits per heavy atom. The van der Waals surface area contributed by atoms with Gasteiger partial charge in [-0.15, -0.1) is 0 Å². The Morgan fingerprint density at radius 3 is 2.64 bits per heavy atom. The van der Waals surface area contributed by atoms with Gasteiger partial charge in [0.05, 0.1) is 13.2 Å². The van der Waals surface area contributed by atoms with Crippen LogP contribution < -0.4 is 5.73 Å². The number of nitrogens with two attached hydrogens (primary N) is 1. The molecule has 11 heavy (non-hydrogen) atoms. The molecule has 0 spiro atoms. The molecule has 0 aromatic heterocycles. The van der Waals surface area contributed by atoms with Gasteiger partial charge in [-0.3, -0.25) is 4.99 Å². The number of guanidine groups is 1. The fourth-order valence-corrected chi connectivity index (χ4v) is 1.21. The second kappa shape index (κ2) is 4.18. The average Bonchev–Trinajstić information content (AvgIpc) is 2.52. The number of aliphatic imine (C=N–C) groups is 1. The van der Waals surface area contributed by atoms with Crippen LogP contribution in [0.25, 0.3) is 0 Å². The van der Waals surface area contributed by atoms with Crippen LogP contribution in [0.5, 0.6) is 0 Å². The van der Waals surface area contributed by atoms with E-state index in [0.717, 1.165) is 13.1 Å². The van der Waals surface area contributed by atoms with Crippen LogP contribution in [0, 0.1) is 0 Å². The van der Waals surface area contributed by atoms with Crippen molar-refractivity contribution in [1.82, 2.24) is 4.90 Å². The van der Waals surface area contributed by atoms with Crippen LogP contribution in [-0.4, -0.2) is 42.2 Å². The van der Waals surface area contributed by atoms with Crippen LogP contribution in [0.15, 0.2) is 4.99 Å². The fraction of sp³-hybridized carbons (Fsp3) is 0.857. The number of aliphatic hydroxyl groups is 1. The van der Waals surface area contributed by atoms with E-state index in [0.29, 0.717) is 12.5 Å². The van der Waals surface area contributed by atoms with Gasteiger partial charge in [0.2, 0.25) is 0 Å². The molecule has 64 valence electrons. The zero-order valence-electron chi connectivity index (χ0n) is 6.66. The summed E-state index contributed by atoms with van der Waals surface area (Å²) in [6.45, 7) is 2.53. The van der Waals surface area contributed by atoms with Gasteiger partial charge in [0.25, 0.3) is 0 Å². The van der Waals surface area contributed by atoms with Crippen molar-refractivity contribution >= 4 is 5.96 Å². The summed E-state index contributed by atoms with van der Waals surface area (Å²) in [5.41, 5.74) is 5.63. The largest absolute Gasteiger partial charge is 0.394 e. The molecule has 1 aliphatic heterocycles. The van der Waals surface area contributed by atoms with Crippen LogP contribution in [0.2, 0.25) is 0 Å². The second-order valence-electron chi connectivity index (χ2n) is 2.66. The molecule has 4 nitrogen and oxygen atoms in total. The quantitative estimate of drug-likeness (QED) is 0.415. The summed E-state index contributed by atoms with van der Waals surface area (Å²) in [7, 11) is 0. The molecule has 0 aliphatic carbocycles. The summed E-state index contributed by atoms with van der Waals surface area (Å²) in [5.74, 6) is 0.580. The highest BCUT2D eigenvalue weighted by molar-refractivity contribution is 5.78. The zero-order valence-corrected chi connectivity index (χ0v) is 6.66. The third-order valence-electron chi connectivity index (χ3n) is 1.80. The average molecular weight is 157 g/mol. The molecule has 1 rings (SSSR count). The fourth-order valence-electron chi connectivity index (χ4n) is 1.21. The van der Waals surface area contributed by atoms with Gasteiger partial charge in [0.15, 0.2) is 5.96 Å². The summed E-state index contributed by atoms with van der Waals surface area (Å²) in [6, 6.07) is 0. The maximum Gasteiger partial charge on any atom is 0.191 e. The smallest absolute Gasteiger partial charge is 0.191 e. The van der Waals surface area contributed by atoms with E-state index in [1.807, 2.05) is 0 Å². The minimum absolute atomic E-state index is 0.0779. The molecule has 0 radical (unpaired) electrons. The van der Waals surface area contributed by atoms with Crippen molar-refractivity contribution in [2.45, 2.75) is 12.8 Å². The molecular formula is C7H15N3O. The van der Waals surface area contributed by atoms with Gasteiger partial charge < -0.3 is 15.7 Å². The van der Waals surface area contributed by atoms with Crippen molar-refractivity contribution in [3.63, 3.8) is 0 Å². The van der Waals surface area contributed by atoms with Crippen LogP contribution >= 0.6 is 0 Å². The molecule has 0 amide bonds. The summed E-state index contributed by atoms with van der Waals surface area (Å²) in [6.07, 6.45) is 2.41. The van der Waals surface area contributed by atoms with E-state index in [4.69, 9.17) is 10.8 Å². The van der Waals surface area contributed by atoms with Gasteiger partial charge in [-0.05, 0) is 12.8 Å². The first-order valence-corrected chi connectivity index (χ1v) is 4.00. The summed E-state index contributed by atoms with van der Waals surface area (Å²) < 4.78 is 0. The highest BCUT2D eigenvalue weighted by Crippen LogP contribution is 2.05. The number of hydrogen-bond donors (Lipinski definition) is 2. The van der Waals surface area contributed by atoms with Crippen LogP contribution in [0.4, 0.5) is 0 Å². The van der Waals surface area contributed by atoms with Crippen molar-refractivity contribution in [2.24, 2.45) is 10.7 Å². The summed E-state index contributed by atoms with van der Waals surface area (Å²) >= 11 is 0. The molecule has 0 aromatic carbocycles. The molecule has 0 aromatic rings. The first-order chi connectivity index (χ1) is 5.34. The lowest BCUT2D eigenvalue weighted by molar-refractivity contribution is 0.306. The monoisotopic (exact) mass is 157 g/mol. The number of rotatable bonds is 2. The van der Waals surface area contributed by atoms with E-state index in [9.17, 15) is 0 Å². The first kappa shape index (κ1) is 8.33. The SMILES string of the molecule is NC(=NCCO)N1CCCC1. The number of hydrogen-bond acceptors (Lipinski definition) is 2. The lowest BCUT2D eigenvalue weighted by Gasteiger charge is -2.15. The van der Waals surface area contributed by atoms with E-state index < -0.39 is 0 Å². The first-order valence-electron chi connectivity index (χ1n) is 4.00. The molecule has 0 saturated carbocycles. The van der Waals surface area contributed by atoms with E-state index in [1.165, 1.54) is 12.8 Å². The van der Waals surface area contributed by atoms with Gasteiger partial charge in [0.1, 0.15) is 0 Å². The third kappa shape index (κ3) is 2.38. The molecule has 1 fully saturated rings. The van der Waals surface area contributed by atoms with Crippen molar-refractivity contribution in [3.05, 3.63) is 0 Å². The lowest BCUT2D eigenvalue weighted by Crippen LogP contribution is -2.35. The third-order valence-corrected chi connectivity index (χ3v) is 1.80. The highest BCUT2D eigenvalue weighted by Gasteiger charge is 2.12. The van der Waals surface area contributed by atoms with Crippen LogP contribution in [-0.2, 0) is 0 Å². The standard InChI is InChI=1S/C7H15N3O/c8-7(9-3-6-11)10-4-1-2-5-10/h11H,1-6H2,(H2,8,9). The van der Waals surface area contributed by atoms with E-state index in [1.54, 1.807) is 0 Å². The second-order valence-corrected chi connectivity index (χ2v) is 2.66. The maximum atomic E-state index is 8.48. The van der Waals surface area contributed by atoms with E-state index in [-0.39, 0.29) is 6.61 Å². The molecule has 0 bridgehead atoms. The predicted octanol–water partition coefficient (Wildman–Crippen LogP) is -0.611. The lowest BCUT2D eigenvalue weighted by atomic mass is 10.4. The molecule has 4 heteroatoms. The van der Waals surface area contributed by atoms with Crippen LogP contribution in [0.1, 0.15) is 12.8 Å². The highest BCUT2D eigenvalue weighted by atomic mass is 16.3. The number of nitrogens with zero attached hydrogens (tertiary/aromatic N) is 2. The van der Waals surface area contributed by atoms with Gasteiger partial charge in [-0.25, -0.2) is 0 Å². The molecule has 0 atom stereocenters. The van der Waals surface area contributed by atoms with Gasteiger partial charge >= 0.3 is 0 Å². The Kier molecular flexibility index (Phi) is 3.16. The minimum Gasteiger partial charge on any atom is -0.394 e. The van der Waals surface area contributed by atoms with Gasteiger partial charge in [-0.2, -0.15) is 0 Å². The topological polar surface area (TPSA) is 61.9 Å². The summed E-state index contributed by atoms with van der Waals surface area (Å²) in [4.78, 5) is 6.05. The van der Waals surface area contributed by atoms with Crippen molar-refractivity contribution < 1.29 is 5.11 Å². The Bertz CT molecular complexity index is 141. The molecule has 1 aliphatic rings. The normalized spacial score (nSPS) is 19.4. The Morgan fingerprint density at radius 1 is 1.45 bits per heavy atom. The summed E-state index contributed by atoms with van der Waals surface area (Å²) in [5, 5.41) is 8.48. The molecule has 1 saturated heterocycles. The van der Waals surface area contributed by atoms with E-state index in [2.05, 4.69) is 9.89 Å². The Hall–Kier alpha value is -0.770. The molecule has 0 unspecified atom stereocenters. The number of aliphatic hydroxyl groups excluding tert-OH is 1. The van der Waals surface area contributed by atoms with E-state index >= 15 is 0 Å². The predicted molar refractivity (Wildman–Crippen MR) is 44.4 cm³/mol. The molecular weight excluding hydrogens is 142 g/mol. The zero-order chi connectivity index (χ0) is 8.10. The van der Waals surface area contributed by atoms with Crippen molar-refractivity contribution in [2.75, 3.05) is 26.2 Å². The van der Waals surface area contributed by atoms with Crippen molar-refractivity contribution in [1.29, 1.82) is 0 Å². The maximum absolute atomic E-state index is 8.48. The molecule has 1 heterocycles. The van der Waals surface area contributed by atoms with Crippen molar-refractivity contribution in [3.8, 4) is 0 Å². The minimum atomic E-state index is 0.0779. The van der Waals surface area contributed by atoms with Gasteiger partial charge in [0, 0.05) is 13.1 Å². The number of likely N-dealkylation sites (tertiary alicyclic amines) is 1. The Balaban J connectivity index is 2.32. The van der Waals surface area contributed by atoms with Crippen LogP contribution in [0.3, 0.4) is 0 Å². The molecule has 3 N–H and O–H groups in total.